The monoisotopic (exact) mass is 254 g/mol. The van der Waals surface area contributed by atoms with Crippen LogP contribution in [0.25, 0.3) is 0 Å². The van der Waals surface area contributed by atoms with E-state index in [1.807, 2.05) is 0 Å². The van der Waals surface area contributed by atoms with Crippen molar-refractivity contribution < 1.29 is 9.53 Å². The van der Waals surface area contributed by atoms with Gasteiger partial charge in [-0.2, -0.15) is 0 Å². The molecule has 0 aromatic rings. The lowest BCUT2D eigenvalue weighted by atomic mass is 9.95. The molecular formula is C14H26N2O2. The van der Waals surface area contributed by atoms with Crippen LogP contribution in [0.4, 0.5) is 0 Å². The Morgan fingerprint density at radius 2 is 2.06 bits per heavy atom. The van der Waals surface area contributed by atoms with Gasteiger partial charge in [-0.05, 0) is 45.6 Å². The van der Waals surface area contributed by atoms with Gasteiger partial charge in [-0.1, -0.05) is 6.92 Å². The summed E-state index contributed by atoms with van der Waals surface area (Å²) in [4.78, 5) is 12.3. The second kappa shape index (κ2) is 5.57. The molecule has 2 N–H and O–H groups in total. The molecule has 0 bridgehead atoms. The Bertz CT molecular complexity index is 300. The number of carbonyl (C=O) groups is 1. The number of amides is 1. The van der Waals surface area contributed by atoms with E-state index < -0.39 is 0 Å². The van der Waals surface area contributed by atoms with Gasteiger partial charge in [0.2, 0.25) is 5.91 Å². The molecule has 2 rings (SSSR count). The fourth-order valence-electron chi connectivity index (χ4n) is 2.66. The third kappa shape index (κ3) is 3.23. The molecule has 0 aromatic heterocycles. The molecule has 0 radical (unpaired) electrons. The molecule has 0 spiro atoms. The first-order valence-corrected chi connectivity index (χ1v) is 7.17. The molecule has 1 amide bonds. The van der Waals surface area contributed by atoms with Gasteiger partial charge in [0.15, 0.2) is 0 Å². The van der Waals surface area contributed by atoms with Crippen molar-refractivity contribution in [1.29, 1.82) is 0 Å². The summed E-state index contributed by atoms with van der Waals surface area (Å²) in [6.07, 6.45) is 3.57. The fourth-order valence-corrected chi connectivity index (χ4v) is 2.66. The second-order valence-electron chi connectivity index (χ2n) is 6.19. The van der Waals surface area contributed by atoms with Crippen molar-refractivity contribution >= 4 is 5.91 Å². The Morgan fingerprint density at radius 1 is 1.33 bits per heavy atom. The largest absolute Gasteiger partial charge is 0.379 e. The van der Waals surface area contributed by atoms with Gasteiger partial charge < -0.3 is 15.4 Å². The van der Waals surface area contributed by atoms with Crippen LogP contribution in [0.1, 0.15) is 40.0 Å². The Hall–Kier alpha value is -0.610. The first-order valence-electron chi connectivity index (χ1n) is 7.17. The highest BCUT2D eigenvalue weighted by Gasteiger charge is 2.42. The smallest absolute Gasteiger partial charge is 0.227 e. The van der Waals surface area contributed by atoms with E-state index in [4.69, 9.17) is 4.74 Å². The Morgan fingerprint density at radius 3 is 2.67 bits per heavy atom. The van der Waals surface area contributed by atoms with Crippen molar-refractivity contribution in [3.63, 3.8) is 0 Å². The van der Waals surface area contributed by atoms with Crippen molar-refractivity contribution in [1.82, 2.24) is 10.6 Å². The quantitative estimate of drug-likeness (QED) is 0.751. The minimum absolute atomic E-state index is 0.0328. The van der Waals surface area contributed by atoms with Crippen LogP contribution in [0.15, 0.2) is 0 Å². The molecule has 2 aliphatic rings. The van der Waals surface area contributed by atoms with Crippen LogP contribution in [0.2, 0.25) is 0 Å². The summed E-state index contributed by atoms with van der Waals surface area (Å²) in [6, 6.07) is 0.181. The lowest BCUT2D eigenvalue weighted by Gasteiger charge is -2.29. The van der Waals surface area contributed by atoms with Gasteiger partial charge in [-0.15, -0.1) is 0 Å². The average Bonchev–Trinajstić information content (AvgIpc) is 3.06. The first kappa shape index (κ1) is 13.8. The highest BCUT2D eigenvalue weighted by Crippen LogP contribution is 2.39. The third-order valence-corrected chi connectivity index (χ3v) is 4.12. The van der Waals surface area contributed by atoms with Gasteiger partial charge in [0.25, 0.3) is 0 Å². The lowest BCUT2D eigenvalue weighted by molar-refractivity contribution is -0.127. The molecule has 1 aliphatic carbocycles. The van der Waals surface area contributed by atoms with Gasteiger partial charge in [-0.25, -0.2) is 0 Å². The van der Waals surface area contributed by atoms with Crippen LogP contribution in [-0.2, 0) is 9.53 Å². The van der Waals surface area contributed by atoms with Crippen LogP contribution < -0.4 is 10.6 Å². The predicted molar refractivity (Wildman–Crippen MR) is 71.3 cm³/mol. The van der Waals surface area contributed by atoms with E-state index in [0.29, 0.717) is 19.1 Å². The molecule has 1 aliphatic heterocycles. The molecule has 1 saturated heterocycles. The fraction of sp³-hybridized carbons (Fsp3) is 0.929. The van der Waals surface area contributed by atoms with Gasteiger partial charge in [-0.3, -0.25) is 4.79 Å². The zero-order chi connectivity index (χ0) is 13.2. The summed E-state index contributed by atoms with van der Waals surface area (Å²) >= 11 is 0. The van der Waals surface area contributed by atoms with Crippen LogP contribution in [0.3, 0.4) is 0 Å². The lowest BCUT2D eigenvalue weighted by Crippen LogP contribution is -2.51. The van der Waals surface area contributed by atoms with E-state index in [-0.39, 0.29) is 23.4 Å². The van der Waals surface area contributed by atoms with Crippen LogP contribution >= 0.6 is 0 Å². The van der Waals surface area contributed by atoms with Crippen molar-refractivity contribution in [2.75, 3.05) is 19.8 Å². The zero-order valence-corrected chi connectivity index (χ0v) is 11.8. The van der Waals surface area contributed by atoms with Crippen molar-refractivity contribution in [2.24, 2.45) is 11.8 Å². The highest BCUT2D eigenvalue weighted by molar-refractivity contribution is 5.80. The van der Waals surface area contributed by atoms with E-state index >= 15 is 0 Å². The number of hydrogen-bond acceptors (Lipinski definition) is 3. The molecule has 2 atom stereocenters. The molecular weight excluding hydrogens is 228 g/mol. The summed E-state index contributed by atoms with van der Waals surface area (Å²) in [5, 5.41) is 6.61. The van der Waals surface area contributed by atoms with Crippen LogP contribution in [-0.4, -0.2) is 37.2 Å². The zero-order valence-electron chi connectivity index (χ0n) is 11.8. The summed E-state index contributed by atoms with van der Waals surface area (Å²) in [6.45, 7) is 8.55. The molecule has 4 heteroatoms. The number of rotatable bonds is 6. The predicted octanol–water partition coefficient (Wildman–Crippen LogP) is 1.31. The maximum absolute atomic E-state index is 12.3. The van der Waals surface area contributed by atoms with Crippen molar-refractivity contribution in [3.05, 3.63) is 0 Å². The van der Waals surface area contributed by atoms with Gasteiger partial charge >= 0.3 is 0 Å². The van der Waals surface area contributed by atoms with E-state index in [9.17, 15) is 4.79 Å². The van der Waals surface area contributed by atoms with E-state index in [1.54, 1.807) is 0 Å². The number of hydrogen-bond donors (Lipinski definition) is 2. The summed E-state index contributed by atoms with van der Waals surface area (Å²) in [7, 11) is 0. The Labute approximate surface area is 110 Å². The Kier molecular flexibility index (Phi) is 4.28. The molecule has 2 fully saturated rings. The normalized spacial score (nSPS) is 28.4. The van der Waals surface area contributed by atoms with E-state index in [1.165, 1.54) is 12.8 Å². The van der Waals surface area contributed by atoms with E-state index in [2.05, 4.69) is 31.4 Å². The Balaban J connectivity index is 1.87. The van der Waals surface area contributed by atoms with Gasteiger partial charge in [0.1, 0.15) is 0 Å². The molecule has 18 heavy (non-hydrogen) atoms. The second-order valence-corrected chi connectivity index (χ2v) is 6.19. The van der Waals surface area contributed by atoms with E-state index in [0.717, 1.165) is 13.0 Å². The molecule has 0 aromatic carbocycles. The van der Waals surface area contributed by atoms with Crippen LogP contribution in [0.5, 0.6) is 0 Å². The van der Waals surface area contributed by atoms with Gasteiger partial charge in [0.05, 0.1) is 19.1 Å². The molecule has 1 heterocycles. The van der Waals surface area contributed by atoms with Gasteiger partial charge in [0, 0.05) is 11.6 Å². The summed E-state index contributed by atoms with van der Waals surface area (Å²) in [5.74, 6) is 0.776. The average molecular weight is 254 g/mol. The number of nitrogens with one attached hydrogen (secondary N) is 2. The minimum Gasteiger partial charge on any atom is -0.379 e. The van der Waals surface area contributed by atoms with Crippen molar-refractivity contribution in [3.8, 4) is 0 Å². The third-order valence-electron chi connectivity index (χ3n) is 4.12. The summed E-state index contributed by atoms with van der Waals surface area (Å²) in [5.41, 5.74) is -0.0605. The maximum Gasteiger partial charge on any atom is 0.227 e. The summed E-state index contributed by atoms with van der Waals surface area (Å²) < 4.78 is 5.46. The number of carbonyl (C=O) groups excluding carboxylic acids is 1. The molecule has 104 valence electrons. The first-order chi connectivity index (χ1) is 8.54. The topological polar surface area (TPSA) is 50.4 Å². The molecule has 4 nitrogen and oxygen atoms in total. The SMILES string of the molecule is CCCNC1COCC1C(=O)NC(C)(C)C1CC1. The minimum atomic E-state index is -0.0605. The molecule has 2 unspecified atom stereocenters. The number of ether oxygens (including phenoxy) is 1. The standard InChI is InChI=1S/C14H26N2O2/c1-4-7-15-12-9-18-8-11(12)13(17)16-14(2,3)10-5-6-10/h10-12,15H,4-9H2,1-3H3,(H,16,17). The van der Waals surface area contributed by atoms with Crippen LogP contribution in [0, 0.1) is 11.8 Å². The maximum atomic E-state index is 12.3. The van der Waals surface area contributed by atoms with Crippen molar-refractivity contribution in [2.45, 2.75) is 51.6 Å². The molecule has 1 saturated carbocycles. The highest BCUT2D eigenvalue weighted by atomic mass is 16.5.